The smallest absolute Gasteiger partial charge is 0.416 e. The highest BCUT2D eigenvalue weighted by Crippen LogP contribution is 2.46. The highest BCUT2D eigenvalue weighted by Gasteiger charge is 2.42. The number of hydrogen-bond acceptors (Lipinski definition) is 5. The van der Waals surface area contributed by atoms with Gasteiger partial charge >= 0.3 is 12.1 Å². The number of alkyl halides is 3. The molecule has 2 aliphatic rings. The van der Waals surface area contributed by atoms with Gasteiger partial charge in [0.1, 0.15) is 5.76 Å². The van der Waals surface area contributed by atoms with E-state index in [0.29, 0.717) is 34.7 Å². The van der Waals surface area contributed by atoms with Crippen molar-refractivity contribution in [3.63, 3.8) is 0 Å². The van der Waals surface area contributed by atoms with Gasteiger partial charge < -0.3 is 14.5 Å². The first-order chi connectivity index (χ1) is 15.2. The van der Waals surface area contributed by atoms with Gasteiger partial charge in [0.15, 0.2) is 5.78 Å². The summed E-state index contributed by atoms with van der Waals surface area (Å²) in [4.78, 5) is 26.1. The fraction of sp³-hybridized carbons (Fsp3) is 0.333. The molecule has 1 aromatic carbocycles. The van der Waals surface area contributed by atoms with Gasteiger partial charge in [0.25, 0.3) is 0 Å². The largest absolute Gasteiger partial charge is 0.469 e. The molecule has 2 aromatic rings. The van der Waals surface area contributed by atoms with E-state index < -0.39 is 23.6 Å². The number of furan rings is 1. The van der Waals surface area contributed by atoms with Crippen LogP contribution in [0, 0.1) is 0 Å². The molecule has 0 radical (unpaired) electrons. The Labute approximate surface area is 182 Å². The van der Waals surface area contributed by atoms with E-state index in [9.17, 15) is 22.8 Å². The van der Waals surface area contributed by atoms with Crippen LogP contribution in [-0.2, 0) is 20.5 Å². The topological polar surface area (TPSA) is 68.5 Å². The number of halogens is 3. The highest BCUT2D eigenvalue weighted by atomic mass is 19.4. The second kappa shape index (κ2) is 8.33. The van der Waals surface area contributed by atoms with E-state index in [4.69, 9.17) is 9.15 Å². The van der Waals surface area contributed by atoms with Crippen molar-refractivity contribution >= 4 is 11.8 Å². The van der Waals surface area contributed by atoms with Crippen LogP contribution in [0.15, 0.2) is 69.6 Å². The number of nitrogens with one attached hydrogen (secondary N) is 1. The van der Waals surface area contributed by atoms with E-state index in [1.807, 2.05) is 6.07 Å². The van der Waals surface area contributed by atoms with Crippen molar-refractivity contribution in [1.82, 2.24) is 5.32 Å². The molecular weight excluding hydrogens is 423 g/mol. The fourth-order valence-electron chi connectivity index (χ4n) is 4.44. The third kappa shape index (κ3) is 3.97. The summed E-state index contributed by atoms with van der Waals surface area (Å²) in [7, 11) is 0. The van der Waals surface area contributed by atoms with Crippen LogP contribution in [0.2, 0.25) is 0 Å². The Kier molecular flexibility index (Phi) is 5.71. The van der Waals surface area contributed by atoms with Crippen molar-refractivity contribution < 1.29 is 31.9 Å². The summed E-state index contributed by atoms with van der Waals surface area (Å²) in [5.41, 5.74) is 1.42. The predicted molar refractivity (Wildman–Crippen MR) is 109 cm³/mol. The van der Waals surface area contributed by atoms with Crippen LogP contribution in [0.4, 0.5) is 13.2 Å². The molecule has 2 atom stereocenters. The van der Waals surface area contributed by atoms with E-state index in [2.05, 4.69) is 5.32 Å². The zero-order chi connectivity index (χ0) is 23.0. The van der Waals surface area contributed by atoms with Gasteiger partial charge in [-0.2, -0.15) is 13.2 Å². The second-order valence-electron chi connectivity index (χ2n) is 7.87. The molecule has 168 valence electrons. The van der Waals surface area contributed by atoms with Crippen molar-refractivity contribution in [2.75, 3.05) is 6.61 Å². The maximum absolute atomic E-state index is 13.3. The molecule has 0 bridgehead atoms. The molecule has 0 saturated heterocycles. The van der Waals surface area contributed by atoms with Crippen LogP contribution in [0.1, 0.15) is 55.4 Å². The molecule has 1 aromatic heterocycles. The number of rotatable bonds is 4. The molecule has 32 heavy (non-hydrogen) atoms. The molecule has 0 unspecified atom stereocenters. The highest BCUT2D eigenvalue weighted by molar-refractivity contribution is 6.04. The summed E-state index contributed by atoms with van der Waals surface area (Å²) in [5, 5.41) is 3.18. The molecule has 5 nitrogen and oxygen atoms in total. The van der Waals surface area contributed by atoms with Gasteiger partial charge in [0, 0.05) is 35.2 Å². The SMILES string of the molecule is CCOC(=O)C1=C(C)NC2=C(C(=O)C[C@H](c3ccco3)C2)[C@H]1c1ccc(C(F)(F)F)cc1. The molecule has 1 aliphatic carbocycles. The number of carbonyl (C=O) groups is 2. The Morgan fingerprint density at radius 1 is 1.19 bits per heavy atom. The van der Waals surface area contributed by atoms with Crippen LogP contribution in [0.3, 0.4) is 0 Å². The lowest BCUT2D eigenvalue weighted by Crippen LogP contribution is -2.36. The van der Waals surface area contributed by atoms with Gasteiger partial charge in [-0.05, 0) is 50.1 Å². The zero-order valence-corrected chi connectivity index (χ0v) is 17.6. The third-order valence-electron chi connectivity index (χ3n) is 5.84. The number of benzene rings is 1. The molecule has 2 heterocycles. The molecule has 0 saturated carbocycles. The third-order valence-corrected chi connectivity index (χ3v) is 5.84. The summed E-state index contributed by atoms with van der Waals surface area (Å²) in [5.74, 6) is -1.06. The number of esters is 1. The maximum atomic E-state index is 13.3. The van der Waals surface area contributed by atoms with Crippen molar-refractivity contribution in [1.29, 1.82) is 0 Å². The Morgan fingerprint density at radius 3 is 2.50 bits per heavy atom. The molecule has 4 rings (SSSR count). The van der Waals surface area contributed by atoms with Crippen LogP contribution in [0.25, 0.3) is 0 Å². The Balaban J connectivity index is 1.80. The first kappa shape index (κ1) is 21.9. The van der Waals surface area contributed by atoms with Crippen LogP contribution < -0.4 is 5.32 Å². The number of carbonyl (C=O) groups excluding carboxylic acids is 2. The van der Waals surface area contributed by atoms with Gasteiger partial charge in [-0.3, -0.25) is 4.79 Å². The monoisotopic (exact) mass is 445 g/mol. The Bertz CT molecular complexity index is 1100. The van der Waals surface area contributed by atoms with Gasteiger partial charge in [0.2, 0.25) is 0 Å². The van der Waals surface area contributed by atoms with Gasteiger partial charge in [-0.25, -0.2) is 4.79 Å². The number of hydrogen-bond donors (Lipinski definition) is 1. The second-order valence-corrected chi connectivity index (χ2v) is 7.87. The number of ketones is 1. The quantitative estimate of drug-likeness (QED) is 0.654. The lowest BCUT2D eigenvalue weighted by atomic mass is 9.72. The molecule has 1 N–H and O–H groups in total. The van der Waals surface area contributed by atoms with E-state index in [0.717, 1.165) is 12.1 Å². The molecule has 8 heteroatoms. The molecule has 0 fully saturated rings. The molecular formula is C24H22F3NO4. The average molecular weight is 445 g/mol. The summed E-state index contributed by atoms with van der Waals surface area (Å²) < 4.78 is 49.9. The summed E-state index contributed by atoms with van der Waals surface area (Å²) in [6, 6.07) is 8.15. The fourth-order valence-corrected chi connectivity index (χ4v) is 4.44. The minimum absolute atomic E-state index is 0.135. The number of dihydropyridines is 1. The maximum Gasteiger partial charge on any atom is 0.416 e. The van der Waals surface area contributed by atoms with Gasteiger partial charge in [-0.1, -0.05) is 12.1 Å². The minimum Gasteiger partial charge on any atom is -0.469 e. The first-order valence-corrected chi connectivity index (χ1v) is 10.3. The van der Waals surface area contributed by atoms with Crippen molar-refractivity contribution in [3.8, 4) is 0 Å². The number of allylic oxidation sites excluding steroid dienone is 3. The van der Waals surface area contributed by atoms with Crippen LogP contribution >= 0.6 is 0 Å². The predicted octanol–water partition coefficient (Wildman–Crippen LogP) is 5.22. The van der Waals surface area contributed by atoms with Crippen molar-refractivity contribution in [3.05, 3.63) is 82.1 Å². The van der Waals surface area contributed by atoms with E-state index in [1.54, 1.807) is 26.2 Å². The zero-order valence-electron chi connectivity index (χ0n) is 17.6. The van der Waals surface area contributed by atoms with E-state index >= 15 is 0 Å². The van der Waals surface area contributed by atoms with Crippen LogP contribution in [-0.4, -0.2) is 18.4 Å². The summed E-state index contributed by atoms with van der Waals surface area (Å²) in [6.07, 6.45) is -2.27. The van der Waals surface area contributed by atoms with Crippen molar-refractivity contribution in [2.45, 2.75) is 44.7 Å². The normalized spacial score (nSPS) is 21.3. The Morgan fingerprint density at radius 2 is 1.91 bits per heavy atom. The number of ether oxygens (including phenoxy) is 1. The van der Waals surface area contributed by atoms with Gasteiger partial charge in [0.05, 0.1) is 24.0 Å². The van der Waals surface area contributed by atoms with Crippen molar-refractivity contribution in [2.24, 2.45) is 0 Å². The standard InChI is InChI=1S/C24H22F3NO4/c1-3-31-23(30)20-13(2)28-17-11-15(19-5-4-10-32-19)12-18(29)22(17)21(20)14-6-8-16(9-7-14)24(25,26)27/h4-10,15,21,28H,3,11-12H2,1-2H3/t15-,21+/m1/s1. The average Bonchev–Trinajstić information content (AvgIpc) is 3.27. The van der Waals surface area contributed by atoms with E-state index in [-0.39, 0.29) is 30.3 Å². The molecule has 0 amide bonds. The summed E-state index contributed by atoms with van der Waals surface area (Å²) in [6.45, 7) is 3.51. The Hall–Kier alpha value is -3.29. The lowest BCUT2D eigenvalue weighted by Gasteiger charge is -2.36. The molecule has 0 spiro atoms. The van der Waals surface area contributed by atoms with Gasteiger partial charge in [-0.15, -0.1) is 0 Å². The minimum atomic E-state index is -4.48. The lowest BCUT2D eigenvalue weighted by molar-refractivity contribution is -0.139. The van der Waals surface area contributed by atoms with Crippen LogP contribution in [0.5, 0.6) is 0 Å². The van der Waals surface area contributed by atoms with E-state index in [1.165, 1.54) is 12.1 Å². The summed E-state index contributed by atoms with van der Waals surface area (Å²) >= 11 is 0. The number of Topliss-reactive ketones (excluding diaryl/α,β-unsaturated/α-hetero) is 1. The first-order valence-electron chi connectivity index (χ1n) is 10.3. The molecule has 1 aliphatic heterocycles.